The van der Waals surface area contributed by atoms with Crippen molar-refractivity contribution in [3.8, 4) is 11.3 Å². The Morgan fingerprint density at radius 2 is 1.62 bits per heavy atom. The quantitative estimate of drug-likeness (QED) is 0.255. The molecule has 40 heavy (non-hydrogen) atoms. The second-order valence-corrected chi connectivity index (χ2v) is 12.0. The number of carbonyl (C=O) groups is 2. The van der Waals surface area contributed by atoms with Crippen LogP contribution in [0.2, 0.25) is 10.0 Å². The zero-order valence-corrected chi connectivity index (χ0v) is 23.6. The molecule has 206 valence electrons. The van der Waals surface area contributed by atoms with Crippen LogP contribution in [0.1, 0.15) is 29.6 Å². The largest absolute Gasteiger partial charge is 0.452 e. The average molecular weight is 599 g/mol. The van der Waals surface area contributed by atoms with Crippen LogP contribution in [-0.4, -0.2) is 49.3 Å². The van der Waals surface area contributed by atoms with Gasteiger partial charge in [0.05, 0.1) is 32.4 Å². The Bertz CT molecular complexity index is 1710. The molecule has 1 aromatic heterocycles. The normalized spacial score (nSPS) is 14.2. The second kappa shape index (κ2) is 11.9. The minimum Gasteiger partial charge on any atom is -0.452 e. The van der Waals surface area contributed by atoms with Crippen molar-refractivity contribution in [2.24, 2.45) is 0 Å². The maximum absolute atomic E-state index is 13.1. The van der Waals surface area contributed by atoms with Crippen molar-refractivity contribution in [1.29, 1.82) is 0 Å². The molecule has 0 spiro atoms. The number of hydrogen-bond acceptors (Lipinski definition) is 6. The number of piperidine rings is 1. The highest BCUT2D eigenvalue weighted by molar-refractivity contribution is 7.89. The maximum atomic E-state index is 13.1. The van der Waals surface area contributed by atoms with E-state index in [4.69, 9.17) is 27.9 Å². The van der Waals surface area contributed by atoms with Gasteiger partial charge in [-0.25, -0.2) is 18.2 Å². The molecule has 3 aromatic carbocycles. The summed E-state index contributed by atoms with van der Waals surface area (Å²) in [5.41, 5.74) is 2.03. The van der Waals surface area contributed by atoms with E-state index < -0.39 is 28.5 Å². The van der Waals surface area contributed by atoms with Crippen LogP contribution in [0.5, 0.6) is 0 Å². The van der Waals surface area contributed by atoms with Gasteiger partial charge in [0, 0.05) is 29.1 Å². The molecule has 0 unspecified atom stereocenters. The standard InChI is InChI=1S/C29H25Cl2N3O5S/c30-23-10-4-2-9-21(23)26-17-22(20-8-3-5-11-25(20)32-26)29(36)39-18-28(35)33-27-16-19(12-13-24(27)31)40(37,38)34-14-6-1-7-15-34/h2-5,8-13,16-17H,1,6-7,14-15,18H2,(H,33,35). The number of hydrogen-bond donors (Lipinski definition) is 1. The van der Waals surface area contributed by atoms with Crippen LogP contribution in [0.15, 0.2) is 77.7 Å². The molecule has 11 heteroatoms. The Balaban J connectivity index is 1.33. The zero-order valence-electron chi connectivity index (χ0n) is 21.3. The van der Waals surface area contributed by atoms with Crippen LogP contribution < -0.4 is 5.32 Å². The SMILES string of the molecule is O=C(COC(=O)c1cc(-c2ccccc2Cl)nc2ccccc12)Nc1cc(S(=O)(=O)N2CCCCC2)ccc1Cl. The molecule has 2 heterocycles. The third-order valence-corrected chi connectivity index (χ3v) is 9.14. The van der Waals surface area contributed by atoms with Gasteiger partial charge < -0.3 is 10.1 Å². The molecular formula is C29H25Cl2N3O5S. The fraction of sp³-hybridized carbons (Fsp3) is 0.207. The molecule has 0 bridgehead atoms. The van der Waals surface area contributed by atoms with E-state index in [9.17, 15) is 18.0 Å². The molecule has 4 aromatic rings. The number of benzene rings is 3. The summed E-state index contributed by atoms with van der Waals surface area (Å²) in [6.45, 7) is 0.283. The van der Waals surface area contributed by atoms with Gasteiger partial charge in [0.15, 0.2) is 6.61 Å². The number of rotatable bonds is 7. The Hall–Kier alpha value is -3.50. The molecule has 1 fully saturated rings. The van der Waals surface area contributed by atoms with Crippen LogP contribution in [0.25, 0.3) is 22.2 Å². The van der Waals surface area contributed by atoms with E-state index >= 15 is 0 Å². The number of nitrogens with zero attached hydrogens (tertiary/aromatic N) is 2. The summed E-state index contributed by atoms with van der Waals surface area (Å²) in [6.07, 6.45) is 2.59. The number of amides is 1. The summed E-state index contributed by atoms with van der Waals surface area (Å²) in [5, 5.41) is 3.74. The summed E-state index contributed by atoms with van der Waals surface area (Å²) in [7, 11) is -3.73. The highest BCUT2D eigenvalue weighted by Gasteiger charge is 2.27. The minimum atomic E-state index is -3.73. The highest BCUT2D eigenvalue weighted by atomic mass is 35.5. The van der Waals surface area contributed by atoms with Gasteiger partial charge in [-0.2, -0.15) is 4.31 Å². The van der Waals surface area contributed by atoms with E-state index in [0.717, 1.165) is 19.3 Å². The summed E-state index contributed by atoms with van der Waals surface area (Å²) >= 11 is 12.6. The summed E-state index contributed by atoms with van der Waals surface area (Å²) in [6, 6.07) is 20.0. The lowest BCUT2D eigenvalue weighted by Gasteiger charge is -2.26. The monoisotopic (exact) mass is 597 g/mol. The lowest BCUT2D eigenvalue weighted by atomic mass is 10.0. The highest BCUT2D eigenvalue weighted by Crippen LogP contribution is 2.31. The Labute approximate surface area is 241 Å². The number of carbonyl (C=O) groups excluding carboxylic acids is 2. The molecule has 0 aliphatic carbocycles. The van der Waals surface area contributed by atoms with Crippen LogP contribution in [0.4, 0.5) is 5.69 Å². The van der Waals surface area contributed by atoms with E-state index in [-0.39, 0.29) is 21.2 Å². The third-order valence-electron chi connectivity index (χ3n) is 6.58. The molecule has 1 saturated heterocycles. The summed E-state index contributed by atoms with van der Waals surface area (Å²) in [4.78, 5) is 30.5. The fourth-order valence-electron chi connectivity index (χ4n) is 4.56. The number of ether oxygens (including phenoxy) is 1. The van der Waals surface area contributed by atoms with Crippen molar-refractivity contribution in [1.82, 2.24) is 9.29 Å². The molecule has 1 amide bonds. The van der Waals surface area contributed by atoms with Gasteiger partial charge in [-0.05, 0) is 49.2 Å². The third kappa shape index (κ3) is 5.97. The average Bonchev–Trinajstić information content (AvgIpc) is 2.97. The van der Waals surface area contributed by atoms with E-state index in [1.54, 1.807) is 48.5 Å². The van der Waals surface area contributed by atoms with Crippen molar-refractivity contribution in [2.45, 2.75) is 24.2 Å². The Kier molecular flexibility index (Phi) is 8.37. The van der Waals surface area contributed by atoms with Crippen LogP contribution in [0.3, 0.4) is 0 Å². The van der Waals surface area contributed by atoms with E-state index in [0.29, 0.717) is 40.3 Å². The van der Waals surface area contributed by atoms with Gasteiger partial charge in [0.25, 0.3) is 5.91 Å². The number of para-hydroxylation sites is 1. The molecule has 1 N–H and O–H groups in total. The van der Waals surface area contributed by atoms with E-state index in [1.807, 2.05) is 6.07 Å². The van der Waals surface area contributed by atoms with Gasteiger partial charge in [-0.15, -0.1) is 0 Å². The molecule has 1 aliphatic rings. The summed E-state index contributed by atoms with van der Waals surface area (Å²) in [5.74, 6) is -1.40. The van der Waals surface area contributed by atoms with Crippen molar-refractivity contribution < 1.29 is 22.7 Å². The minimum absolute atomic E-state index is 0.0291. The van der Waals surface area contributed by atoms with E-state index in [1.165, 1.54) is 22.5 Å². The van der Waals surface area contributed by atoms with Crippen molar-refractivity contribution in [3.05, 3.63) is 88.4 Å². The zero-order chi connectivity index (χ0) is 28.3. The first kappa shape index (κ1) is 28.0. The van der Waals surface area contributed by atoms with Gasteiger partial charge in [0.1, 0.15) is 0 Å². The topological polar surface area (TPSA) is 106 Å². The van der Waals surface area contributed by atoms with Crippen molar-refractivity contribution in [3.63, 3.8) is 0 Å². The van der Waals surface area contributed by atoms with Gasteiger partial charge in [0.2, 0.25) is 10.0 Å². The van der Waals surface area contributed by atoms with Gasteiger partial charge in [-0.1, -0.05) is 66.0 Å². The molecule has 1 aliphatic heterocycles. The molecule has 8 nitrogen and oxygen atoms in total. The number of anilines is 1. The number of esters is 1. The lowest BCUT2D eigenvalue weighted by molar-refractivity contribution is -0.119. The smallest absolute Gasteiger partial charge is 0.339 e. The van der Waals surface area contributed by atoms with Crippen molar-refractivity contribution in [2.75, 3.05) is 25.0 Å². The number of aromatic nitrogens is 1. The first-order valence-corrected chi connectivity index (χ1v) is 14.8. The van der Waals surface area contributed by atoms with Gasteiger partial charge >= 0.3 is 5.97 Å². The molecular weight excluding hydrogens is 573 g/mol. The van der Waals surface area contributed by atoms with Crippen LogP contribution in [0, 0.1) is 0 Å². The molecule has 0 atom stereocenters. The second-order valence-electron chi connectivity index (χ2n) is 9.28. The predicted octanol–water partition coefficient (Wildman–Crippen LogP) is 6.18. The van der Waals surface area contributed by atoms with Crippen LogP contribution in [-0.2, 0) is 19.6 Å². The van der Waals surface area contributed by atoms with Gasteiger partial charge in [-0.3, -0.25) is 4.79 Å². The Morgan fingerprint density at radius 1 is 0.900 bits per heavy atom. The molecule has 0 radical (unpaired) electrons. The molecule has 5 rings (SSSR count). The van der Waals surface area contributed by atoms with Crippen LogP contribution >= 0.6 is 23.2 Å². The summed E-state index contributed by atoms with van der Waals surface area (Å²) < 4.78 is 32.9. The predicted molar refractivity (Wildman–Crippen MR) is 155 cm³/mol. The maximum Gasteiger partial charge on any atom is 0.339 e. The Morgan fingerprint density at radius 3 is 2.40 bits per heavy atom. The number of fused-ring (bicyclic) bond motifs is 1. The lowest BCUT2D eigenvalue weighted by Crippen LogP contribution is -2.35. The first-order valence-electron chi connectivity index (χ1n) is 12.7. The van der Waals surface area contributed by atoms with E-state index in [2.05, 4.69) is 10.3 Å². The molecule has 0 saturated carbocycles. The number of nitrogens with one attached hydrogen (secondary N) is 1. The van der Waals surface area contributed by atoms with Crippen molar-refractivity contribution >= 4 is 61.7 Å². The fourth-order valence-corrected chi connectivity index (χ4v) is 6.50. The number of sulfonamides is 1. The number of pyridine rings is 1. The first-order chi connectivity index (χ1) is 19.2. The number of halogens is 2.